The van der Waals surface area contributed by atoms with Gasteiger partial charge in [-0.1, -0.05) is 358 Å². The Morgan fingerprint density at radius 1 is 0.147 bits per heavy atom. The molecule has 0 saturated heterocycles. The second-order valence-electron chi connectivity index (χ2n) is 37.8. The smallest absolute Gasteiger partial charge is 0.235 e. The van der Waals surface area contributed by atoms with Crippen molar-refractivity contribution in [1.29, 1.82) is 0 Å². The van der Waals surface area contributed by atoms with Crippen molar-refractivity contribution in [1.82, 2.24) is 72.3 Å². The van der Waals surface area contributed by atoms with Gasteiger partial charge in [0.15, 0.2) is 11.6 Å². The van der Waals surface area contributed by atoms with Crippen LogP contribution in [0.15, 0.2) is 516 Å². The second-order valence-corrected chi connectivity index (χ2v) is 37.8. The average Bonchev–Trinajstić information content (AvgIpc) is 1.53. The Labute approximate surface area is 859 Å². The average molecular weight is 1920 g/mol. The molecule has 700 valence electrons. The molecular weight excluding hydrogens is 1830 g/mol. The third kappa shape index (κ3) is 14.1. The van der Waals surface area contributed by atoms with Crippen LogP contribution in [0.4, 0.5) is 0 Å². The molecule has 0 aliphatic heterocycles. The number of rotatable bonds is 13. The van der Waals surface area contributed by atoms with E-state index in [0.29, 0.717) is 17.6 Å². The fourth-order valence-electron chi connectivity index (χ4n) is 23.0. The van der Waals surface area contributed by atoms with E-state index >= 15 is 0 Å². The van der Waals surface area contributed by atoms with Gasteiger partial charge in [-0.25, -0.2) is 29.9 Å². The second kappa shape index (κ2) is 35.8. The minimum absolute atomic E-state index is 0.632. The quantitative estimate of drug-likeness (QED) is 0.110. The summed E-state index contributed by atoms with van der Waals surface area (Å²) in [5.74, 6) is 2.84. The van der Waals surface area contributed by atoms with Gasteiger partial charge >= 0.3 is 0 Å². The molecule has 15 heteroatoms. The van der Waals surface area contributed by atoms with E-state index in [2.05, 4.69) is 449 Å². The van der Waals surface area contributed by atoms with Crippen molar-refractivity contribution in [2.45, 2.75) is 0 Å². The van der Waals surface area contributed by atoms with Crippen LogP contribution in [0.25, 0.3) is 277 Å². The third-order valence-electron chi connectivity index (χ3n) is 29.4. The van der Waals surface area contributed by atoms with Gasteiger partial charge in [0.1, 0.15) is 5.82 Å². The molecule has 0 radical (unpaired) electrons. The Bertz CT molecular complexity index is 10200. The Morgan fingerprint density at radius 2 is 0.380 bits per heavy atom. The van der Waals surface area contributed by atoms with Crippen LogP contribution in [0.5, 0.6) is 0 Å². The minimum Gasteiger partial charge on any atom is -0.309 e. The van der Waals surface area contributed by atoms with Crippen LogP contribution < -0.4 is 0 Å². The van der Waals surface area contributed by atoms with Gasteiger partial charge in [0.25, 0.3) is 0 Å². The van der Waals surface area contributed by atoms with Gasteiger partial charge in [-0.15, -0.1) is 0 Å². The van der Waals surface area contributed by atoms with E-state index in [4.69, 9.17) is 29.9 Å². The molecule has 0 N–H and O–H groups in total. The Morgan fingerprint density at radius 3 is 0.713 bits per heavy atom. The molecule has 150 heavy (non-hydrogen) atoms. The maximum atomic E-state index is 5.34. The maximum absolute atomic E-state index is 5.34. The summed E-state index contributed by atoms with van der Waals surface area (Å²) >= 11 is 0. The third-order valence-corrected chi connectivity index (χ3v) is 29.4. The van der Waals surface area contributed by atoms with Crippen LogP contribution in [0.1, 0.15) is 0 Å². The van der Waals surface area contributed by atoms with Crippen molar-refractivity contribution in [2.75, 3.05) is 0 Å². The molecule has 12 aromatic heterocycles. The molecule has 31 rings (SSSR count). The fourth-order valence-corrected chi connectivity index (χ4v) is 23.0. The Kier molecular flexibility index (Phi) is 20.6. The highest BCUT2D eigenvalue weighted by atomic mass is 15.2. The number of aromatic nitrogens is 15. The Hall–Kier alpha value is -20.6. The van der Waals surface area contributed by atoms with E-state index in [0.717, 1.165) is 194 Å². The zero-order valence-corrected chi connectivity index (χ0v) is 80.8. The van der Waals surface area contributed by atoms with E-state index in [1.54, 1.807) is 0 Å². The summed E-state index contributed by atoms with van der Waals surface area (Å²) in [5, 5.41) is 21.0. The minimum atomic E-state index is 0.632. The molecule has 0 unspecified atom stereocenters. The van der Waals surface area contributed by atoms with Crippen LogP contribution in [-0.4, -0.2) is 72.3 Å². The predicted octanol–water partition coefficient (Wildman–Crippen LogP) is 33.3. The van der Waals surface area contributed by atoms with Crippen LogP contribution in [0.3, 0.4) is 0 Å². The molecule has 0 atom stereocenters. The number of fused-ring (bicyclic) bond motifs is 30. The zero-order chi connectivity index (χ0) is 98.8. The highest BCUT2D eigenvalue weighted by Crippen LogP contribution is 2.52. The van der Waals surface area contributed by atoms with E-state index in [-0.39, 0.29) is 0 Å². The molecule has 0 fully saturated rings. The van der Waals surface area contributed by atoms with Gasteiger partial charge in [0, 0.05) is 186 Å². The van der Waals surface area contributed by atoms with E-state index in [1.807, 2.05) is 110 Å². The first-order valence-electron chi connectivity index (χ1n) is 50.5. The van der Waals surface area contributed by atoms with Gasteiger partial charge in [-0.05, 0) is 131 Å². The summed E-state index contributed by atoms with van der Waals surface area (Å²) < 4.78 is 14.3. The van der Waals surface area contributed by atoms with E-state index in [1.165, 1.54) is 64.8 Å². The Balaban J connectivity index is 0.000000106. The van der Waals surface area contributed by atoms with Crippen molar-refractivity contribution in [3.8, 4) is 114 Å². The summed E-state index contributed by atoms with van der Waals surface area (Å²) in [4.78, 5) is 45.2. The number of hydrogen-bond donors (Lipinski definition) is 0. The first kappa shape index (κ1) is 86.2. The normalized spacial score (nSPS) is 11.7. The lowest BCUT2D eigenvalue weighted by molar-refractivity contribution is 0.998. The molecular formula is C135H85N15. The first-order valence-corrected chi connectivity index (χ1v) is 50.5. The molecule has 19 aromatic carbocycles. The summed E-state index contributed by atoms with van der Waals surface area (Å²) in [6.45, 7) is 0. The van der Waals surface area contributed by atoms with Crippen molar-refractivity contribution in [3.05, 3.63) is 516 Å². The highest BCUT2D eigenvalue weighted by Gasteiger charge is 2.32. The highest BCUT2D eigenvalue weighted by molar-refractivity contribution is 6.40. The standard InChI is InChI=1S/C49H31N5.2C43H27N5/c1-4-14-32(15-5-1)41-30-42(52-49(51-41)34-16-6-2-7-17-34)33-24-26-36(27-25-33)54-43-22-12-10-20-38(43)45-37-28-29-50-31-40(37)47-46(48(45)54)39-21-11-13-23-44(39)53(47)35-18-8-3-9-19-35;1-4-14-28(15-5-1)35-26-36(29-16-6-2-7-17-29)46-43(45-35)48-38-23-13-10-20-32(38)39-31-24-25-44-27-34(31)41-40(42(39)48)33-21-11-12-22-37(33)47(41)30-18-8-3-9-19-30;1-4-14-28(15-5-1)35-26-38(46-43(45-35)29-16-6-2-7-17-29)48-37-23-13-10-20-32(37)39-31-24-25-44-27-34(31)41-40(42(39)48)33-21-11-12-22-36(33)47(41)30-18-8-3-9-19-30/h1-31H;2*1-27H. The lowest BCUT2D eigenvalue weighted by Crippen LogP contribution is -2.04. The molecule has 0 aliphatic rings. The number of hydrogen-bond acceptors (Lipinski definition) is 9. The molecule has 12 heterocycles. The lowest BCUT2D eigenvalue weighted by atomic mass is 10.0. The molecule has 0 saturated carbocycles. The summed E-state index contributed by atoms with van der Waals surface area (Å²) in [6, 6.07) is 168. The fraction of sp³-hybridized carbons (Fsp3) is 0. The number of nitrogens with zero attached hydrogens (tertiary/aromatic N) is 15. The van der Waals surface area contributed by atoms with Crippen molar-refractivity contribution in [2.24, 2.45) is 0 Å². The summed E-state index contributed by atoms with van der Waals surface area (Å²) in [6.07, 6.45) is 11.8. The van der Waals surface area contributed by atoms with Crippen LogP contribution in [0.2, 0.25) is 0 Å². The van der Waals surface area contributed by atoms with Gasteiger partial charge in [0.05, 0.1) is 94.7 Å². The molecule has 0 bridgehead atoms. The van der Waals surface area contributed by atoms with Crippen LogP contribution >= 0.6 is 0 Å². The van der Waals surface area contributed by atoms with Crippen LogP contribution in [-0.2, 0) is 0 Å². The predicted molar refractivity (Wildman–Crippen MR) is 616 cm³/mol. The van der Waals surface area contributed by atoms with Crippen LogP contribution in [0, 0.1) is 0 Å². The molecule has 15 nitrogen and oxygen atoms in total. The summed E-state index contributed by atoms with van der Waals surface area (Å²) in [5.41, 5.74) is 29.5. The van der Waals surface area contributed by atoms with E-state index in [9.17, 15) is 0 Å². The summed E-state index contributed by atoms with van der Waals surface area (Å²) in [7, 11) is 0. The van der Waals surface area contributed by atoms with E-state index < -0.39 is 0 Å². The molecule has 31 aromatic rings. The number of para-hydroxylation sites is 9. The number of benzene rings is 19. The van der Waals surface area contributed by atoms with Crippen molar-refractivity contribution >= 4 is 163 Å². The van der Waals surface area contributed by atoms with Gasteiger partial charge in [-0.2, -0.15) is 0 Å². The largest absolute Gasteiger partial charge is 0.309 e. The lowest BCUT2D eigenvalue weighted by Gasteiger charge is -2.14. The molecule has 0 amide bonds. The SMILES string of the molecule is c1ccc(-c2cc(-c3ccc(-n4c5ccccc5c5c6ccncc6c6c(c7ccccc7n6-c6ccccc6)c54)cc3)nc(-c3ccccc3)n2)cc1.c1ccc(-c2cc(-c3ccccc3)nc(-n3c4ccccc4c4c5ccncc5c5c(c6ccccc6n5-c5ccccc5)c43)n2)cc1.c1ccc(-c2cc(-n3c4ccccc4c4c5ccncc5c5c(c6ccccc6n5-c5ccccc5)c43)nc(-c3ccccc3)n2)cc1. The van der Waals surface area contributed by atoms with Crippen molar-refractivity contribution in [3.63, 3.8) is 0 Å². The molecule has 0 aliphatic carbocycles. The topological polar surface area (TPSA) is 146 Å². The maximum Gasteiger partial charge on any atom is 0.235 e. The van der Waals surface area contributed by atoms with Gasteiger partial charge < -0.3 is 18.3 Å². The monoisotopic (exact) mass is 1920 g/mol. The number of pyridine rings is 3. The van der Waals surface area contributed by atoms with Gasteiger partial charge in [-0.3, -0.25) is 24.1 Å². The van der Waals surface area contributed by atoms with Crippen molar-refractivity contribution < 1.29 is 0 Å². The molecule has 0 spiro atoms. The first-order chi connectivity index (χ1) is 74.5. The zero-order valence-electron chi connectivity index (χ0n) is 80.8. The van der Waals surface area contributed by atoms with Gasteiger partial charge in [0.2, 0.25) is 5.95 Å².